The minimum absolute atomic E-state index is 0. The van der Waals surface area contributed by atoms with Crippen LogP contribution in [-0.4, -0.2) is 10.7 Å². The van der Waals surface area contributed by atoms with E-state index < -0.39 is 0 Å². The van der Waals surface area contributed by atoms with Crippen LogP contribution < -0.4 is 0 Å². The maximum atomic E-state index is 9.37. The highest BCUT2D eigenvalue weighted by Crippen LogP contribution is 2.26. The van der Waals surface area contributed by atoms with Crippen molar-refractivity contribution < 1.29 is 5.11 Å². The van der Waals surface area contributed by atoms with Crippen molar-refractivity contribution in [3.8, 4) is 0 Å². The van der Waals surface area contributed by atoms with E-state index in [0.29, 0.717) is 0 Å². The Kier molecular flexibility index (Phi) is 3.74. The van der Waals surface area contributed by atoms with Gasteiger partial charge in [-0.25, -0.2) is 0 Å². The second kappa shape index (κ2) is 3.57. The Hall–Kier alpha value is 0.440. The fourth-order valence-corrected chi connectivity index (χ4v) is 1.31. The van der Waals surface area contributed by atoms with Crippen molar-refractivity contribution >= 4 is 17.0 Å². The van der Waals surface area contributed by atoms with Crippen LogP contribution in [0.25, 0.3) is 0 Å². The molecule has 0 aromatic heterocycles. The highest BCUT2D eigenvalue weighted by atomic mass is 79.9. The third-order valence-corrected chi connectivity index (χ3v) is 1.93. The molecule has 1 fully saturated rings. The largest absolute Gasteiger partial charge is 0.390 e. The van der Waals surface area contributed by atoms with Gasteiger partial charge in [0.05, 0.1) is 5.60 Å². The molecule has 1 aliphatic rings. The number of hydrogen-bond donors (Lipinski definition) is 1. The molecule has 0 amide bonds. The van der Waals surface area contributed by atoms with Gasteiger partial charge in [-0.15, -0.1) is 17.0 Å². The van der Waals surface area contributed by atoms with Crippen LogP contribution in [0.15, 0.2) is 0 Å². The van der Waals surface area contributed by atoms with Crippen LogP contribution in [0.4, 0.5) is 0 Å². The fourth-order valence-electron chi connectivity index (χ4n) is 1.31. The van der Waals surface area contributed by atoms with Gasteiger partial charge in [0.25, 0.3) is 0 Å². The Balaban J connectivity index is 0.000000640. The van der Waals surface area contributed by atoms with Crippen molar-refractivity contribution in [1.29, 1.82) is 0 Å². The van der Waals surface area contributed by atoms with Gasteiger partial charge in [0.15, 0.2) is 0 Å². The van der Waals surface area contributed by atoms with Gasteiger partial charge < -0.3 is 5.11 Å². The molecule has 0 spiro atoms. The molecule has 1 aliphatic carbocycles. The van der Waals surface area contributed by atoms with Gasteiger partial charge in [0.2, 0.25) is 0 Å². The molecule has 0 radical (unpaired) electrons. The summed E-state index contributed by atoms with van der Waals surface area (Å²) < 4.78 is 0. The molecule has 0 aromatic carbocycles. The molecular weight excluding hydrogens is 180 g/mol. The van der Waals surface area contributed by atoms with E-state index in [2.05, 4.69) is 0 Å². The average molecular weight is 195 g/mol. The van der Waals surface area contributed by atoms with E-state index in [1.165, 1.54) is 19.3 Å². The van der Waals surface area contributed by atoms with Gasteiger partial charge in [-0.2, -0.15) is 0 Å². The van der Waals surface area contributed by atoms with E-state index in [1.54, 1.807) is 0 Å². The van der Waals surface area contributed by atoms with Gasteiger partial charge in [-0.05, 0) is 19.8 Å². The lowest BCUT2D eigenvalue weighted by atomic mass is 9.87. The molecule has 0 unspecified atom stereocenters. The summed E-state index contributed by atoms with van der Waals surface area (Å²) in [6.45, 7) is 1.94. The highest BCUT2D eigenvalue weighted by molar-refractivity contribution is 8.93. The third kappa shape index (κ3) is 3.21. The molecule has 2 heteroatoms. The predicted octanol–water partition coefficient (Wildman–Crippen LogP) is 2.28. The molecule has 0 saturated heterocycles. The molecule has 56 valence electrons. The first-order valence-electron chi connectivity index (χ1n) is 3.43. The van der Waals surface area contributed by atoms with Gasteiger partial charge in [0, 0.05) is 0 Å². The zero-order chi connectivity index (χ0) is 6.04. The zero-order valence-electron chi connectivity index (χ0n) is 5.89. The summed E-state index contributed by atoms with van der Waals surface area (Å²) in [7, 11) is 0. The molecule has 9 heavy (non-hydrogen) atoms. The molecule has 1 rings (SSSR count). The maximum absolute atomic E-state index is 9.37. The minimum Gasteiger partial charge on any atom is -0.390 e. The summed E-state index contributed by atoms with van der Waals surface area (Å²) in [5, 5.41) is 9.37. The molecule has 0 aliphatic heterocycles. The molecular formula is C7H15BrO. The van der Waals surface area contributed by atoms with E-state index in [0.717, 1.165) is 12.8 Å². The number of aliphatic hydroxyl groups is 1. The first kappa shape index (κ1) is 9.44. The monoisotopic (exact) mass is 194 g/mol. The topological polar surface area (TPSA) is 20.2 Å². The second-order valence-electron chi connectivity index (χ2n) is 3.06. The van der Waals surface area contributed by atoms with Crippen molar-refractivity contribution in [3.05, 3.63) is 0 Å². The Bertz CT molecular complexity index is 73.0. The van der Waals surface area contributed by atoms with Crippen molar-refractivity contribution in [1.82, 2.24) is 0 Å². The van der Waals surface area contributed by atoms with Crippen molar-refractivity contribution in [2.45, 2.75) is 44.6 Å². The quantitative estimate of drug-likeness (QED) is 0.628. The van der Waals surface area contributed by atoms with Crippen molar-refractivity contribution in [2.24, 2.45) is 0 Å². The summed E-state index contributed by atoms with van der Waals surface area (Å²) in [4.78, 5) is 0. The van der Waals surface area contributed by atoms with Crippen molar-refractivity contribution in [3.63, 3.8) is 0 Å². The first-order valence-corrected chi connectivity index (χ1v) is 3.43. The summed E-state index contributed by atoms with van der Waals surface area (Å²) >= 11 is 0. The Morgan fingerprint density at radius 2 is 1.56 bits per heavy atom. The van der Waals surface area contributed by atoms with Crippen LogP contribution in [0.3, 0.4) is 0 Å². The van der Waals surface area contributed by atoms with Gasteiger partial charge in [0.1, 0.15) is 0 Å². The highest BCUT2D eigenvalue weighted by Gasteiger charge is 2.22. The lowest BCUT2D eigenvalue weighted by molar-refractivity contribution is 0.0225. The lowest BCUT2D eigenvalue weighted by Crippen LogP contribution is -2.26. The predicted molar refractivity (Wildman–Crippen MR) is 44.0 cm³/mol. The molecule has 1 N–H and O–H groups in total. The van der Waals surface area contributed by atoms with Gasteiger partial charge in [-0.3, -0.25) is 0 Å². The Labute approximate surface area is 67.2 Å². The molecule has 0 heterocycles. The number of rotatable bonds is 0. The van der Waals surface area contributed by atoms with Crippen LogP contribution in [0, 0.1) is 0 Å². The van der Waals surface area contributed by atoms with Gasteiger partial charge >= 0.3 is 0 Å². The summed E-state index contributed by atoms with van der Waals surface area (Å²) in [5.41, 5.74) is -0.321. The van der Waals surface area contributed by atoms with Crippen LogP contribution in [-0.2, 0) is 0 Å². The Morgan fingerprint density at radius 1 is 1.11 bits per heavy atom. The number of halogens is 1. The smallest absolute Gasteiger partial charge is 0.0619 e. The Morgan fingerprint density at radius 3 is 1.78 bits per heavy atom. The van der Waals surface area contributed by atoms with E-state index in [-0.39, 0.29) is 22.6 Å². The van der Waals surface area contributed by atoms with E-state index in [9.17, 15) is 5.11 Å². The van der Waals surface area contributed by atoms with Gasteiger partial charge in [-0.1, -0.05) is 19.3 Å². The molecule has 0 aromatic rings. The maximum Gasteiger partial charge on any atom is 0.0619 e. The van der Waals surface area contributed by atoms with Crippen LogP contribution in [0.2, 0.25) is 0 Å². The standard InChI is InChI=1S/C7H14O.BrH/c1-7(8)5-3-2-4-6-7;/h8H,2-6H2,1H3;1H. The van der Waals surface area contributed by atoms with E-state index >= 15 is 0 Å². The summed E-state index contributed by atoms with van der Waals surface area (Å²) in [6.07, 6.45) is 5.76. The normalized spacial score (nSPS) is 24.7. The molecule has 0 atom stereocenters. The van der Waals surface area contributed by atoms with E-state index in [1.807, 2.05) is 6.92 Å². The average Bonchev–Trinajstić information content (AvgIpc) is 1.65. The zero-order valence-corrected chi connectivity index (χ0v) is 7.60. The van der Waals surface area contributed by atoms with E-state index in [4.69, 9.17) is 0 Å². The SMILES string of the molecule is Br.CC1(O)CCCCC1. The first-order chi connectivity index (χ1) is 3.71. The lowest BCUT2D eigenvalue weighted by Gasteiger charge is -2.27. The minimum atomic E-state index is -0.321. The van der Waals surface area contributed by atoms with Crippen LogP contribution >= 0.6 is 17.0 Å². The molecule has 1 saturated carbocycles. The third-order valence-electron chi connectivity index (χ3n) is 1.93. The van der Waals surface area contributed by atoms with Crippen LogP contribution in [0.5, 0.6) is 0 Å². The second-order valence-corrected chi connectivity index (χ2v) is 3.06. The van der Waals surface area contributed by atoms with Crippen molar-refractivity contribution in [2.75, 3.05) is 0 Å². The number of hydrogen-bond acceptors (Lipinski definition) is 1. The van der Waals surface area contributed by atoms with Crippen LogP contribution in [0.1, 0.15) is 39.0 Å². The summed E-state index contributed by atoms with van der Waals surface area (Å²) in [6, 6.07) is 0. The molecule has 1 nitrogen and oxygen atoms in total. The summed E-state index contributed by atoms with van der Waals surface area (Å²) in [5.74, 6) is 0. The fraction of sp³-hybridized carbons (Fsp3) is 1.00. The molecule has 0 bridgehead atoms.